The third-order valence-corrected chi connectivity index (χ3v) is 4.53. The quantitative estimate of drug-likeness (QED) is 0.891. The summed E-state index contributed by atoms with van der Waals surface area (Å²) in [5.74, 6) is 0.567. The molecule has 1 aliphatic rings. The molecular weight excluding hydrogens is 246 g/mol. The number of rotatable bonds is 3. The van der Waals surface area contributed by atoms with Gasteiger partial charge in [0.1, 0.15) is 9.71 Å². The minimum absolute atomic E-state index is 0.0742. The van der Waals surface area contributed by atoms with E-state index in [1.54, 1.807) is 6.20 Å². The Kier molecular flexibility index (Phi) is 2.70. The number of pyridine rings is 1. The maximum Gasteiger partial charge on any atom is 0.263 e. The molecular formula is C13H15N3OS. The molecule has 0 spiro atoms. The van der Waals surface area contributed by atoms with Crippen molar-refractivity contribution >= 4 is 33.1 Å². The van der Waals surface area contributed by atoms with Crippen LogP contribution in [0.3, 0.4) is 0 Å². The molecule has 1 unspecified atom stereocenters. The number of carbonyl (C=O) groups is 1. The molecule has 2 heterocycles. The number of nitrogens with zero attached hydrogens (tertiary/aromatic N) is 1. The van der Waals surface area contributed by atoms with Crippen LogP contribution < -0.4 is 11.1 Å². The summed E-state index contributed by atoms with van der Waals surface area (Å²) in [6.45, 7) is 2.05. The second kappa shape index (κ2) is 4.24. The van der Waals surface area contributed by atoms with Crippen LogP contribution in [0.2, 0.25) is 0 Å². The first-order chi connectivity index (χ1) is 8.66. The average molecular weight is 261 g/mol. The highest BCUT2D eigenvalue weighted by atomic mass is 32.1. The van der Waals surface area contributed by atoms with E-state index < -0.39 is 0 Å². The van der Waals surface area contributed by atoms with E-state index in [0.29, 0.717) is 16.5 Å². The van der Waals surface area contributed by atoms with Gasteiger partial charge >= 0.3 is 0 Å². The van der Waals surface area contributed by atoms with Gasteiger partial charge in [-0.1, -0.05) is 0 Å². The van der Waals surface area contributed by atoms with Crippen molar-refractivity contribution in [3.63, 3.8) is 0 Å². The molecule has 3 rings (SSSR count). The number of amides is 1. The number of nitrogen functional groups attached to an aromatic ring is 1. The minimum Gasteiger partial charge on any atom is -0.397 e. The van der Waals surface area contributed by atoms with Gasteiger partial charge in [0.2, 0.25) is 0 Å². The molecule has 4 nitrogen and oxygen atoms in total. The zero-order valence-corrected chi connectivity index (χ0v) is 11.0. The third kappa shape index (κ3) is 1.95. The lowest BCUT2D eigenvalue weighted by molar-refractivity contribution is 0.0941. The van der Waals surface area contributed by atoms with Crippen molar-refractivity contribution in [3.8, 4) is 0 Å². The van der Waals surface area contributed by atoms with Crippen LogP contribution in [0.25, 0.3) is 10.2 Å². The summed E-state index contributed by atoms with van der Waals surface area (Å²) >= 11 is 1.36. The predicted octanol–water partition coefficient (Wildman–Crippen LogP) is 2.41. The number of fused-ring (bicyclic) bond motifs is 1. The number of nitrogens with two attached hydrogens (primary N) is 1. The molecule has 1 aliphatic carbocycles. The monoisotopic (exact) mass is 261 g/mol. The molecule has 0 saturated heterocycles. The lowest BCUT2D eigenvalue weighted by Gasteiger charge is -2.11. The highest BCUT2D eigenvalue weighted by Gasteiger charge is 2.30. The molecule has 0 aliphatic heterocycles. The molecule has 0 radical (unpaired) electrons. The fourth-order valence-electron chi connectivity index (χ4n) is 2.11. The van der Waals surface area contributed by atoms with Gasteiger partial charge in [-0.25, -0.2) is 4.98 Å². The second-order valence-corrected chi connectivity index (χ2v) is 5.80. The number of hydrogen-bond donors (Lipinski definition) is 2. The Balaban J connectivity index is 1.88. The average Bonchev–Trinajstić information content (AvgIpc) is 3.15. The van der Waals surface area contributed by atoms with Crippen molar-refractivity contribution in [2.75, 3.05) is 5.73 Å². The normalized spacial score (nSPS) is 16.7. The summed E-state index contributed by atoms with van der Waals surface area (Å²) in [7, 11) is 0. The molecule has 0 bridgehead atoms. The van der Waals surface area contributed by atoms with Crippen LogP contribution in [0.5, 0.6) is 0 Å². The van der Waals surface area contributed by atoms with Crippen molar-refractivity contribution in [2.45, 2.75) is 25.8 Å². The first kappa shape index (κ1) is 11.5. The van der Waals surface area contributed by atoms with Crippen LogP contribution in [0, 0.1) is 5.92 Å². The Bertz CT molecular complexity index is 603. The van der Waals surface area contributed by atoms with E-state index in [2.05, 4.69) is 17.2 Å². The summed E-state index contributed by atoms with van der Waals surface area (Å²) in [5.41, 5.74) is 6.56. The minimum atomic E-state index is -0.0742. The second-order valence-electron chi connectivity index (χ2n) is 4.80. The van der Waals surface area contributed by atoms with E-state index >= 15 is 0 Å². The molecule has 5 heteroatoms. The van der Waals surface area contributed by atoms with E-state index in [4.69, 9.17) is 5.73 Å². The fraction of sp³-hybridized carbons (Fsp3) is 0.385. The number of carbonyl (C=O) groups excluding carboxylic acids is 1. The van der Waals surface area contributed by atoms with Crippen molar-refractivity contribution in [3.05, 3.63) is 23.2 Å². The fourth-order valence-corrected chi connectivity index (χ4v) is 3.07. The van der Waals surface area contributed by atoms with Gasteiger partial charge in [-0.15, -0.1) is 11.3 Å². The molecule has 18 heavy (non-hydrogen) atoms. The number of aromatic nitrogens is 1. The molecule has 1 amide bonds. The van der Waals surface area contributed by atoms with Crippen LogP contribution in [-0.4, -0.2) is 16.9 Å². The van der Waals surface area contributed by atoms with E-state index in [-0.39, 0.29) is 11.9 Å². The number of hydrogen-bond acceptors (Lipinski definition) is 4. The Morgan fingerprint density at radius 1 is 1.61 bits per heavy atom. The highest BCUT2D eigenvalue weighted by molar-refractivity contribution is 7.21. The van der Waals surface area contributed by atoms with Crippen molar-refractivity contribution in [1.29, 1.82) is 0 Å². The van der Waals surface area contributed by atoms with E-state index in [1.165, 1.54) is 24.2 Å². The van der Waals surface area contributed by atoms with Crippen LogP contribution >= 0.6 is 11.3 Å². The summed E-state index contributed by atoms with van der Waals surface area (Å²) in [6, 6.07) is 3.96. The van der Waals surface area contributed by atoms with Gasteiger partial charge in [0.15, 0.2) is 0 Å². The van der Waals surface area contributed by atoms with E-state index in [9.17, 15) is 4.79 Å². The zero-order valence-electron chi connectivity index (χ0n) is 10.1. The smallest absolute Gasteiger partial charge is 0.263 e. The summed E-state index contributed by atoms with van der Waals surface area (Å²) < 4.78 is 0. The first-order valence-electron chi connectivity index (χ1n) is 6.10. The van der Waals surface area contributed by atoms with Crippen molar-refractivity contribution in [1.82, 2.24) is 10.3 Å². The summed E-state index contributed by atoms with van der Waals surface area (Å²) in [4.78, 5) is 17.8. The van der Waals surface area contributed by atoms with Crippen molar-refractivity contribution in [2.24, 2.45) is 5.92 Å². The maximum absolute atomic E-state index is 12.2. The van der Waals surface area contributed by atoms with Gasteiger partial charge in [-0.3, -0.25) is 4.79 Å². The maximum atomic E-state index is 12.2. The van der Waals surface area contributed by atoms with Crippen LogP contribution in [0.1, 0.15) is 29.4 Å². The Morgan fingerprint density at radius 3 is 3.06 bits per heavy atom. The Morgan fingerprint density at radius 2 is 2.39 bits per heavy atom. The number of thiophene rings is 1. The molecule has 94 valence electrons. The first-order valence-corrected chi connectivity index (χ1v) is 6.92. The van der Waals surface area contributed by atoms with Crippen molar-refractivity contribution < 1.29 is 4.79 Å². The SMILES string of the molecule is CC(NC(=O)c1sc2ncccc2c1N)C1CC1. The molecule has 1 fully saturated rings. The summed E-state index contributed by atoms with van der Waals surface area (Å²) in [6.07, 6.45) is 4.14. The Labute approximate surface area is 109 Å². The predicted molar refractivity (Wildman–Crippen MR) is 73.7 cm³/mol. The Hall–Kier alpha value is -1.62. The molecule has 1 saturated carbocycles. The van der Waals surface area contributed by atoms with Crippen LogP contribution in [0.15, 0.2) is 18.3 Å². The van der Waals surface area contributed by atoms with Gasteiger partial charge in [0, 0.05) is 17.6 Å². The van der Waals surface area contributed by atoms with Crippen LogP contribution in [0.4, 0.5) is 5.69 Å². The lowest BCUT2D eigenvalue weighted by Crippen LogP contribution is -2.33. The largest absolute Gasteiger partial charge is 0.397 e. The lowest BCUT2D eigenvalue weighted by atomic mass is 10.2. The number of nitrogens with one attached hydrogen (secondary N) is 1. The van der Waals surface area contributed by atoms with Gasteiger partial charge in [-0.2, -0.15) is 0 Å². The van der Waals surface area contributed by atoms with E-state index in [1.807, 2.05) is 12.1 Å². The summed E-state index contributed by atoms with van der Waals surface area (Å²) in [5, 5.41) is 3.89. The molecule has 3 N–H and O–H groups in total. The number of anilines is 1. The highest BCUT2D eigenvalue weighted by Crippen LogP contribution is 2.34. The molecule has 1 atom stereocenters. The van der Waals surface area contributed by atoms with E-state index in [0.717, 1.165) is 10.2 Å². The van der Waals surface area contributed by atoms with Gasteiger partial charge < -0.3 is 11.1 Å². The zero-order chi connectivity index (χ0) is 12.7. The molecule has 0 aromatic carbocycles. The molecule has 2 aromatic heterocycles. The van der Waals surface area contributed by atoms with Crippen LogP contribution in [-0.2, 0) is 0 Å². The topological polar surface area (TPSA) is 68.0 Å². The van der Waals surface area contributed by atoms with Gasteiger partial charge in [0.25, 0.3) is 5.91 Å². The third-order valence-electron chi connectivity index (χ3n) is 3.40. The van der Waals surface area contributed by atoms with Gasteiger partial charge in [-0.05, 0) is 37.8 Å². The van der Waals surface area contributed by atoms with Gasteiger partial charge in [0.05, 0.1) is 5.69 Å². The standard InChI is InChI=1S/C13H15N3OS/c1-7(8-4-5-8)16-12(17)11-10(14)9-3-2-6-15-13(9)18-11/h2-3,6-8H,4-5,14H2,1H3,(H,16,17). The molecule has 2 aromatic rings.